The molecule has 0 amide bonds. The van der Waals surface area contributed by atoms with Gasteiger partial charge in [0.15, 0.2) is 0 Å². The van der Waals surface area contributed by atoms with Crippen LogP contribution in [0.4, 0.5) is 0 Å². The predicted molar refractivity (Wildman–Crippen MR) is 71.0 cm³/mol. The van der Waals surface area contributed by atoms with Crippen molar-refractivity contribution in [3.8, 4) is 5.75 Å². The molecule has 0 spiro atoms. The number of carboxylic acid groups (broad SMARTS) is 1. The van der Waals surface area contributed by atoms with Gasteiger partial charge in [0.1, 0.15) is 5.75 Å². The van der Waals surface area contributed by atoms with Crippen LogP contribution < -0.4 is 5.73 Å². The Morgan fingerprint density at radius 3 is 2.33 bits per heavy atom. The molecule has 100 valence electrons. The Morgan fingerprint density at radius 1 is 1.39 bits per heavy atom. The molecule has 1 rings (SSSR count). The number of carboxylic acids is 1. The average molecular weight is 251 g/mol. The molecule has 0 aliphatic heterocycles. The summed E-state index contributed by atoms with van der Waals surface area (Å²) >= 11 is 0. The van der Waals surface area contributed by atoms with Crippen LogP contribution in [0, 0.1) is 6.92 Å². The van der Waals surface area contributed by atoms with Crippen molar-refractivity contribution in [2.75, 3.05) is 6.54 Å². The lowest BCUT2D eigenvalue weighted by atomic mass is 9.82. The van der Waals surface area contributed by atoms with Crippen LogP contribution in [0.25, 0.3) is 0 Å². The van der Waals surface area contributed by atoms with Gasteiger partial charge < -0.3 is 15.9 Å². The summed E-state index contributed by atoms with van der Waals surface area (Å²) in [5.41, 5.74) is 7.18. The number of rotatable bonds is 3. The molecule has 0 saturated carbocycles. The van der Waals surface area contributed by atoms with Crippen molar-refractivity contribution in [1.82, 2.24) is 0 Å². The Kier molecular flexibility index (Phi) is 4.02. The van der Waals surface area contributed by atoms with E-state index in [9.17, 15) is 15.0 Å². The number of nitrogens with two attached hydrogens (primary N) is 1. The molecule has 4 nitrogen and oxygen atoms in total. The third kappa shape index (κ3) is 2.64. The van der Waals surface area contributed by atoms with Crippen molar-refractivity contribution in [2.45, 2.75) is 39.0 Å². The molecule has 0 fully saturated rings. The summed E-state index contributed by atoms with van der Waals surface area (Å²) in [7, 11) is 0. The van der Waals surface area contributed by atoms with Crippen LogP contribution in [0.1, 0.15) is 43.4 Å². The molecule has 1 aromatic rings. The summed E-state index contributed by atoms with van der Waals surface area (Å²) in [6.07, 6.45) is 0. The monoisotopic (exact) mass is 251 g/mol. The van der Waals surface area contributed by atoms with E-state index in [0.29, 0.717) is 5.56 Å². The second kappa shape index (κ2) is 4.98. The number of phenolic OH excluding ortho intramolecular Hbond substituents is 1. The number of phenols is 1. The Bertz CT molecular complexity index is 461. The fraction of sp³-hybridized carbons (Fsp3) is 0.500. The summed E-state index contributed by atoms with van der Waals surface area (Å²) in [4.78, 5) is 11.2. The van der Waals surface area contributed by atoms with Crippen LogP contribution in [0.3, 0.4) is 0 Å². The van der Waals surface area contributed by atoms with Crippen LogP contribution in [-0.4, -0.2) is 22.7 Å². The minimum absolute atomic E-state index is 0.0304. The number of hydrogen-bond acceptors (Lipinski definition) is 3. The lowest BCUT2D eigenvalue weighted by Gasteiger charge is -2.24. The lowest BCUT2D eigenvalue weighted by Crippen LogP contribution is -2.23. The van der Waals surface area contributed by atoms with Gasteiger partial charge in [-0.3, -0.25) is 4.79 Å². The molecule has 4 N–H and O–H groups in total. The highest BCUT2D eigenvalue weighted by molar-refractivity contribution is 5.78. The topological polar surface area (TPSA) is 83.5 Å². The number of aromatic hydroxyl groups is 1. The molecular weight excluding hydrogens is 230 g/mol. The van der Waals surface area contributed by atoms with Gasteiger partial charge in [-0.05, 0) is 23.5 Å². The van der Waals surface area contributed by atoms with Crippen LogP contribution in [0.15, 0.2) is 12.1 Å². The SMILES string of the molecule is Cc1ccc(C(C)(C)C)c(O)c1C(CN)C(=O)O. The van der Waals surface area contributed by atoms with Gasteiger partial charge in [0, 0.05) is 12.1 Å². The van der Waals surface area contributed by atoms with Gasteiger partial charge in [0.25, 0.3) is 0 Å². The van der Waals surface area contributed by atoms with Gasteiger partial charge in [0.2, 0.25) is 0 Å². The maximum absolute atomic E-state index is 11.2. The van der Waals surface area contributed by atoms with Gasteiger partial charge >= 0.3 is 5.97 Å². The molecule has 0 aromatic heterocycles. The van der Waals surface area contributed by atoms with E-state index in [2.05, 4.69) is 0 Å². The van der Waals surface area contributed by atoms with E-state index in [1.165, 1.54) is 0 Å². The summed E-state index contributed by atoms with van der Waals surface area (Å²) in [6.45, 7) is 7.67. The molecule has 0 aliphatic carbocycles. The number of aliphatic carboxylic acids is 1. The van der Waals surface area contributed by atoms with Crippen molar-refractivity contribution < 1.29 is 15.0 Å². The fourth-order valence-corrected chi connectivity index (χ4v) is 2.10. The molecular formula is C14H21NO3. The van der Waals surface area contributed by atoms with Gasteiger partial charge in [0.05, 0.1) is 5.92 Å². The standard InChI is InChI=1S/C14H21NO3/c1-8-5-6-10(14(2,3)4)12(16)11(8)9(7-15)13(17)18/h5-6,9,16H,7,15H2,1-4H3,(H,17,18). The van der Waals surface area contributed by atoms with Crippen molar-refractivity contribution in [2.24, 2.45) is 5.73 Å². The first-order valence-corrected chi connectivity index (χ1v) is 5.96. The number of carbonyl (C=O) groups is 1. The highest BCUT2D eigenvalue weighted by atomic mass is 16.4. The van der Waals surface area contributed by atoms with Crippen molar-refractivity contribution in [1.29, 1.82) is 0 Å². The predicted octanol–water partition coefficient (Wildman–Crippen LogP) is 2.13. The van der Waals surface area contributed by atoms with E-state index < -0.39 is 11.9 Å². The zero-order chi connectivity index (χ0) is 14.1. The molecule has 1 atom stereocenters. The first-order chi connectivity index (χ1) is 8.20. The largest absolute Gasteiger partial charge is 0.507 e. The molecule has 0 bridgehead atoms. The molecule has 0 aliphatic rings. The lowest BCUT2D eigenvalue weighted by molar-refractivity contribution is -0.138. The third-order valence-electron chi connectivity index (χ3n) is 3.13. The van der Waals surface area contributed by atoms with E-state index in [-0.39, 0.29) is 17.7 Å². The van der Waals surface area contributed by atoms with E-state index in [4.69, 9.17) is 5.73 Å². The first-order valence-electron chi connectivity index (χ1n) is 5.96. The summed E-state index contributed by atoms with van der Waals surface area (Å²) in [6, 6.07) is 3.67. The second-order valence-corrected chi connectivity index (χ2v) is 5.57. The highest BCUT2D eigenvalue weighted by Gasteiger charge is 2.28. The maximum Gasteiger partial charge on any atom is 0.312 e. The van der Waals surface area contributed by atoms with Gasteiger partial charge in [-0.15, -0.1) is 0 Å². The van der Waals surface area contributed by atoms with E-state index in [1.807, 2.05) is 32.9 Å². The molecule has 0 radical (unpaired) electrons. The average Bonchev–Trinajstić information content (AvgIpc) is 2.21. The van der Waals surface area contributed by atoms with Crippen LogP contribution in [0.5, 0.6) is 5.75 Å². The third-order valence-corrected chi connectivity index (χ3v) is 3.13. The highest BCUT2D eigenvalue weighted by Crippen LogP contribution is 2.38. The molecule has 4 heteroatoms. The zero-order valence-corrected chi connectivity index (χ0v) is 11.3. The van der Waals surface area contributed by atoms with E-state index in [1.54, 1.807) is 6.92 Å². The van der Waals surface area contributed by atoms with Crippen molar-refractivity contribution >= 4 is 5.97 Å². The van der Waals surface area contributed by atoms with Crippen LogP contribution in [-0.2, 0) is 10.2 Å². The minimum atomic E-state index is -1.01. The normalized spacial score (nSPS) is 13.4. The van der Waals surface area contributed by atoms with Crippen LogP contribution >= 0.6 is 0 Å². The Labute approximate surface area is 107 Å². The van der Waals surface area contributed by atoms with Gasteiger partial charge in [-0.2, -0.15) is 0 Å². The molecule has 1 aromatic carbocycles. The molecule has 1 unspecified atom stereocenters. The maximum atomic E-state index is 11.2. The second-order valence-electron chi connectivity index (χ2n) is 5.57. The van der Waals surface area contributed by atoms with Crippen molar-refractivity contribution in [3.05, 3.63) is 28.8 Å². The Morgan fingerprint density at radius 2 is 1.94 bits per heavy atom. The van der Waals surface area contributed by atoms with E-state index >= 15 is 0 Å². The molecule has 0 saturated heterocycles. The number of hydrogen-bond donors (Lipinski definition) is 3. The summed E-state index contributed by atoms with van der Waals surface area (Å²) in [5.74, 6) is -1.82. The summed E-state index contributed by atoms with van der Waals surface area (Å²) < 4.78 is 0. The fourth-order valence-electron chi connectivity index (χ4n) is 2.10. The van der Waals surface area contributed by atoms with Gasteiger partial charge in [-0.25, -0.2) is 0 Å². The first kappa shape index (κ1) is 14.5. The Balaban J connectivity index is 3.48. The number of aryl methyl sites for hydroxylation is 1. The quantitative estimate of drug-likeness (QED) is 0.768. The van der Waals surface area contributed by atoms with Gasteiger partial charge in [-0.1, -0.05) is 32.9 Å². The van der Waals surface area contributed by atoms with Crippen LogP contribution in [0.2, 0.25) is 0 Å². The smallest absolute Gasteiger partial charge is 0.312 e. The number of benzene rings is 1. The molecule has 0 heterocycles. The molecule has 18 heavy (non-hydrogen) atoms. The van der Waals surface area contributed by atoms with Crippen molar-refractivity contribution in [3.63, 3.8) is 0 Å². The minimum Gasteiger partial charge on any atom is -0.507 e. The summed E-state index contributed by atoms with van der Waals surface area (Å²) in [5, 5.41) is 19.5. The Hall–Kier alpha value is -1.55. The van der Waals surface area contributed by atoms with E-state index in [0.717, 1.165) is 11.1 Å². The zero-order valence-electron chi connectivity index (χ0n) is 11.3.